The molecule has 0 amide bonds. The molecule has 5 aliphatic rings. The number of nitrogens with zero attached hydrogens (tertiary/aromatic N) is 2. The third-order valence-electron chi connectivity index (χ3n) is 11.1. The van der Waals surface area contributed by atoms with Crippen LogP contribution >= 0.6 is 0 Å². The molecule has 2 aliphatic carbocycles. The molecule has 0 aromatic rings. The van der Waals surface area contributed by atoms with Gasteiger partial charge in [0.2, 0.25) is 10.0 Å². The Morgan fingerprint density at radius 3 is 2.30 bits per heavy atom. The van der Waals surface area contributed by atoms with E-state index in [1.54, 1.807) is 0 Å². The van der Waals surface area contributed by atoms with E-state index < -0.39 is 16.3 Å². The molecule has 2 saturated carbocycles. The Labute approximate surface area is 225 Å². The van der Waals surface area contributed by atoms with E-state index in [0.717, 1.165) is 64.6 Å². The van der Waals surface area contributed by atoms with Gasteiger partial charge in [-0.1, -0.05) is 26.7 Å². The number of alkyl halides is 1. The lowest BCUT2D eigenvalue weighted by atomic mass is 9.63. The summed E-state index contributed by atoms with van der Waals surface area (Å²) in [6.07, 6.45) is 11.1. The van der Waals surface area contributed by atoms with Crippen LogP contribution in [0.3, 0.4) is 0 Å². The topological polar surface area (TPSA) is 61.9 Å². The number of rotatable bonds is 6. The number of sulfonamides is 1. The average molecular weight is 542 g/mol. The third kappa shape index (κ3) is 5.79. The van der Waals surface area contributed by atoms with E-state index in [1.165, 1.54) is 25.7 Å². The molecule has 3 aliphatic heterocycles. The molecular formula is C29H52FN3O3S. The fourth-order valence-corrected chi connectivity index (χ4v) is 11.3. The molecule has 214 valence electrons. The lowest BCUT2D eigenvalue weighted by molar-refractivity contribution is -0.128. The Morgan fingerprint density at radius 2 is 1.59 bits per heavy atom. The zero-order chi connectivity index (χ0) is 26.2. The molecule has 0 spiro atoms. The predicted molar refractivity (Wildman–Crippen MR) is 146 cm³/mol. The lowest BCUT2D eigenvalue weighted by Gasteiger charge is -2.60. The summed E-state index contributed by atoms with van der Waals surface area (Å²) in [7, 11) is -1.47. The SMILES string of the molecule is COC[C@@H]1[C@@H](C2CCC(C3CNC(F)C(C)C3)CC2)C2CN(S(=O)(=O)C3CCCCC3C)CCCCN21. The molecule has 6 unspecified atom stereocenters. The maximum absolute atomic E-state index is 14.0. The van der Waals surface area contributed by atoms with Gasteiger partial charge in [-0.15, -0.1) is 0 Å². The maximum atomic E-state index is 14.0. The molecule has 5 rings (SSSR count). The zero-order valence-corrected chi connectivity index (χ0v) is 24.3. The van der Waals surface area contributed by atoms with E-state index in [-0.39, 0.29) is 17.1 Å². The van der Waals surface area contributed by atoms with Gasteiger partial charge in [0.1, 0.15) is 0 Å². The standard InChI is InChI=1S/C29H52FN3O3S/c1-20-8-4-5-9-27(20)37(34,35)32-14-6-7-15-33-25(18-32)28(26(33)19-36-3)23-12-10-22(11-13-23)24-16-21(2)29(30)31-17-24/h20-29,31H,4-19H2,1-3H3/t20?,21?,22?,23?,24?,25?,26-,27?,28+,29?/m1/s1. The summed E-state index contributed by atoms with van der Waals surface area (Å²) in [5.41, 5.74) is 0. The van der Waals surface area contributed by atoms with Gasteiger partial charge in [-0.2, -0.15) is 0 Å². The smallest absolute Gasteiger partial charge is 0.217 e. The Kier molecular flexibility index (Phi) is 9.22. The van der Waals surface area contributed by atoms with Crippen molar-refractivity contribution < 1.29 is 17.5 Å². The predicted octanol–water partition coefficient (Wildman–Crippen LogP) is 4.65. The van der Waals surface area contributed by atoms with E-state index in [9.17, 15) is 12.8 Å². The number of nitrogens with one attached hydrogen (secondary N) is 1. The van der Waals surface area contributed by atoms with Crippen LogP contribution in [0.5, 0.6) is 0 Å². The van der Waals surface area contributed by atoms with Crippen LogP contribution in [0.1, 0.15) is 84.5 Å². The second-order valence-corrected chi connectivity index (χ2v) is 15.4. The molecule has 0 bridgehead atoms. The summed E-state index contributed by atoms with van der Waals surface area (Å²) in [4.78, 5) is 2.60. The van der Waals surface area contributed by atoms with E-state index in [1.807, 2.05) is 18.3 Å². The molecule has 0 radical (unpaired) electrons. The van der Waals surface area contributed by atoms with Crippen molar-refractivity contribution in [2.75, 3.05) is 39.9 Å². The van der Waals surface area contributed by atoms with Gasteiger partial charge in [0.25, 0.3) is 0 Å². The first-order valence-electron chi connectivity index (χ1n) is 15.4. The molecule has 0 aromatic heterocycles. The van der Waals surface area contributed by atoms with Crippen molar-refractivity contribution in [1.82, 2.24) is 14.5 Å². The highest BCUT2D eigenvalue weighted by Gasteiger charge is 2.54. The van der Waals surface area contributed by atoms with Crippen molar-refractivity contribution in [2.45, 2.75) is 108 Å². The molecule has 6 nitrogen and oxygen atoms in total. The molecule has 8 heteroatoms. The fraction of sp³-hybridized carbons (Fsp3) is 1.00. The molecule has 3 saturated heterocycles. The van der Waals surface area contributed by atoms with Crippen LogP contribution in [0.25, 0.3) is 0 Å². The molecule has 1 N–H and O–H groups in total. The van der Waals surface area contributed by atoms with Crippen molar-refractivity contribution in [3.05, 3.63) is 0 Å². The largest absolute Gasteiger partial charge is 0.383 e. The molecular weight excluding hydrogens is 489 g/mol. The molecule has 0 aromatic carbocycles. The highest BCUT2D eigenvalue weighted by molar-refractivity contribution is 7.89. The van der Waals surface area contributed by atoms with Crippen molar-refractivity contribution in [2.24, 2.45) is 35.5 Å². The van der Waals surface area contributed by atoms with Gasteiger partial charge in [0, 0.05) is 44.7 Å². The van der Waals surface area contributed by atoms with Crippen molar-refractivity contribution in [3.8, 4) is 0 Å². The minimum Gasteiger partial charge on any atom is -0.383 e. The Hall–Kier alpha value is -0.280. The summed E-state index contributed by atoms with van der Waals surface area (Å²) >= 11 is 0. The number of piperidine rings is 1. The molecule has 5 fully saturated rings. The lowest BCUT2D eigenvalue weighted by Crippen LogP contribution is -2.71. The highest BCUT2D eigenvalue weighted by atomic mass is 32.2. The molecule has 37 heavy (non-hydrogen) atoms. The van der Waals surface area contributed by atoms with Crippen LogP contribution in [-0.2, 0) is 14.8 Å². The van der Waals surface area contributed by atoms with Crippen LogP contribution in [0.2, 0.25) is 0 Å². The third-order valence-corrected chi connectivity index (χ3v) is 13.6. The van der Waals surface area contributed by atoms with Crippen LogP contribution < -0.4 is 5.32 Å². The highest BCUT2D eigenvalue weighted by Crippen LogP contribution is 2.48. The van der Waals surface area contributed by atoms with E-state index >= 15 is 0 Å². The van der Waals surface area contributed by atoms with Crippen molar-refractivity contribution >= 4 is 10.0 Å². The summed E-state index contributed by atoms with van der Waals surface area (Å²) < 4.78 is 49.4. The number of ether oxygens (including phenoxy) is 1. The first-order valence-corrected chi connectivity index (χ1v) is 16.9. The van der Waals surface area contributed by atoms with Gasteiger partial charge >= 0.3 is 0 Å². The molecule has 8 atom stereocenters. The Balaban J connectivity index is 1.27. The maximum Gasteiger partial charge on any atom is 0.217 e. The Morgan fingerprint density at radius 1 is 0.892 bits per heavy atom. The summed E-state index contributed by atoms with van der Waals surface area (Å²) in [6.45, 7) is 8.16. The van der Waals surface area contributed by atoms with E-state index in [4.69, 9.17) is 4.74 Å². The number of methoxy groups -OCH3 is 1. The van der Waals surface area contributed by atoms with Crippen molar-refractivity contribution in [1.29, 1.82) is 0 Å². The summed E-state index contributed by atoms with van der Waals surface area (Å²) in [5.74, 6) is 2.81. The second-order valence-electron chi connectivity index (χ2n) is 13.3. The van der Waals surface area contributed by atoms with Gasteiger partial charge in [0.15, 0.2) is 6.30 Å². The summed E-state index contributed by atoms with van der Waals surface area (Å²) in [6, 6.07) is 0.732. The first kappa shape index (κ1) is 28.3. The minimum absolute atomic E-state index is 0.109. The van der Waals surface area contributed by atoms with Crippen molar-refractivity contribution in [3.63, 3.8) is 0 Å². The normalized spacial score (nSPS) is 44.9. The van der Waals surface area contributed by atoms with Crippen LogP contribution in [0.15, 0.2) is 0 Å². The molecule has 3 heterocycles. The monoisotopic (exact) mass is 541 g/mol. The van der Waals surface area contributed by atoms with Gasteiger partial charge in [-0.25, -0.2) is 17.1 Å². The second kappa shape index (κ2) is 12.1. The average Bonchev–Trinajstić information content (AvgIpc) is 2.87. The van der Waals surface area contributed by atoms with Crippen LogP contribution in [-0.4, -0.2) is 81.1 Å². The first-order chi connectivity index (χ1) is 17.8. The Bertz CT molecular complexity index is 851. The summed E-state index contributed by atoms with van der Waals surface area (Å²) in [5, 5.41) is 2.91. The van der Waals surface area contributed by atoms with Crippen LogP contribution in [0.4, 0.5) is 4.39 Å². The van der Waals surface area contributed by atoms with Gasteiger partial charge < -0.3 is 4.74 Å². The van der Waals surface area contributed by atoms with Gasteiger partial charge in [0.05, 0.1) is 11.9 Å². The minimum atomic E-state index is -3.28. The number of halogens is 1. The quantitative estimate of drug-likeness (QED) is 0.496. The van der Waals surface area contributed by atoms with Crippen LogP contribution in [0, 0.1) is 35.5 Å². The number of hydrogen-bond donors (Lipinski definition) is 1. The number of fused-ring (bicyclic) bond motifs is 1. The number of hydrogen-bond acceptors (Lipinski definition) is 5. The fourth-order valence-electron chi connectivity index (χ4n) is 8.94. The van der Waals surface area contributed by atoms with E-state index in [0.29, 0.717) is 48.8 Å². The van der Waals surface area contributed by atoms with Gasteiger partial charge in [-0.05, 0) is 93.9 Å². The zero-order valence-electron chi connectivity index (χ0n) is 23.5. The van der Waals surface area contributed by atoms with Gasteiger partial charge in [-0.3, -0.25) is 10.2 Å². The van der Waals surface area contributed by atoms with E-state index in [2.05, 4.69) is 17.1 Å².